The molecule has 3 heteroatoms. The van der Waals surface area contributed by atoms with E-state index in [2.05, 4.69) is 24.4 Å². The first-order valence-corrected chi connectivity index (χ1v) is 6.91. The highest BCUT2D eigenvalue weighted by atomic mass is 16.5. The van der Waals surface area contributed by atoms with Crippen LogP contribution in [0.4, 0.5) is 0 Å². The molecule has 0 saturated carbocycles. The molecule has 0 amide bonds. The summed E-state index contributed by atoms with van der Waals surface area (Å²) >= 11 is 0. The molecule has 0 heterocycles. The molecule has 106 valence electrons. The number of aromatic hydroxyl groups is 1. The first-order chi connectivity index (χ1) is 9.72. The standard InChI is InChI=1S/C17H21NO2/c1-3-17(18-2)14-6-10-16(11-7-14)20-12-13-4-8-15(19)9-5-13/h4-11,17-19H,3,12H2,1-2H3. The van der Waals surface area contributed by atoms with Crippen LogP contribution in [0.5, 0.6) is 11.5 Å². The first-order valence-electron chi connectivity index (χ1n) is 6.91. The normalized spacial score (nSPS) is 12.1. The summed E-state index contributed by atoms with van der Waals surface area (Å²) in [4.78, 5) is 0. The van der Waals surface area contributed by atoms with Gasteiger partial charge in [-0.2, -0.15) is 0 Å². The van der Waals surface area contributed by atoms with Crippen LogP contribution < -0.4 is 10.1 Å². The molecule has 0 aliphatic carbocycles. The van der Waals surface area contributed by atoms with Gasteiger partial charge in [0, 0.05) is 6.04 Å². The summed E-state index contributed by atoms with van der Waals surface area (Å²) in [6.07, 6.45) is 1.06. The third kappa shape index (κ3) is 3.75. The summed E-state index contributed by atoms with van der Waals surface area (Å²) in [5.74, 6) is 1.13. The Bertz CT molecular complexity index is 516. The van der Waals surface area contributed by atoms with Crippen LogP contribution >= 0.6 is 0 Å². The van der Waals surface area contributed by atoms with E-state index in [4.69, 9.17) is 4.74 Å². The molecule has 2 aromatic carbocycles. The molecule has 0 bridgehead atoms. The molecule has 3 nitrogen and oxygen atoms in total. The number of benzene rings is 2. The van der Waals surface area contributed by atoms with Crippen molar-refractivity contribution >= 4 is 0 Å². The Hall–Kier alpha value is -2.00. The molecule has 0 aromatic heterocycles. The van der Waals surface area contributed by atoms with E-state index < -0.39 is 0 Å². The maximum absolute atomic E-state index is 9.22. The molecule has 0 aliphatic heterocycles. The van der Waals surface area contributed by atoms with E-state index in [9.17, 15) is 5.11 Å². The molecule has 1 unspecified atom stereocenters. The average Bonchev–Trinajstić information content (AvgIpc) is 2.49. The number of phenols is 1. The predicted octanol–water partition coefficient (Wildman–Crippen LogP) is 3.64. The van der Waals surface area contributed by atoms with Crippen molar-refractivity contribution in [1.82, 2.24) is 5.32 Å². The van der Waals surface area contributed by atoms with Crippen molar-refractivity contribution in [1.29, 1.82) is 0 Å². The van der Waals surface area contributed by atoms with Crippen LogP contribution in [0.15, 0.2) is 48.5 Å². The second-order valence-electron chi connectivity index (χ2n) is 4.77. The number of ether oxygens (including phenoxy) is 1. The van der Waals surface area contributed by atoms with E-state index in [1.807, 2.05) is 31.3 Å². The SMILES string of the molecule is CCC(NC)c1ccc(OCc2ccc(O)cc2)cc1. The zero-order valence-corrected chi connectivity index (χ0v) is 12.0. The zero-order chi connectivity index (χ0) is 14.4. The van der Waals surface area contributed by atoms with Crippen molar-refractivity contribution in [3.8, 4) is 11.5 Å². The molecule has 1 atom stereocenters. The van der Waals surface area contributed by atoms with Gasteiger partial charge in [-0.1, -0.05) is 31.2 Å². The molecule has 20 heavy (non-hydrogen) atoms. The van der Waals surface area contributed by atoms with Gasteiger partial charge in [0.25, 0.3) is 0 Å². The molecule has 0 spiro atoms. The van der Waals surface area contributed by atoms with Crippen LogP contribution in [0.3, 0.4) is 0 Å². The lowest BCUT2D eigenvalue weighted by Gasteiger charge is -2.14. The summed E-state index contributed by atoms with van der Waals surface area (Å²) in [7, 11) is 1.98. The Labute approximate surface area is 120 Å². The van der Waals surface area contributed by atoms with Crippen LogP contribution in [0.2, 0.25) is 0 Å². The quantitative estimate of drug-likeness (QED) is 0.842. The summed E-state index contributed by atoms with van der Waals surface area (Å²) < 4.78 is 5.73. The summed E-state index contributed by atoms with van der Waals surface area (Å²) in [5.41, 5.74) is 2.31. The van der Waals surface area contributed by atoms with Crippen LogP contribution in [0.1, 0.15) is 30.5 Å². The predicted molar refractivity (Wildman–Crippen MR) is 81.0 cm³/mol. The summed E-state index contributed by atoms with van der Waals surface area (Å²) in [6, 6.07) is 15.6. The lowest BCUT2D eigenvalue weighted by molar-refractivity contribution is 0.306. The second kappa shape index (κ2) is 6.96. The highest BCUT2D eigenvalue weighted by Crippen LogP contribution is 2.20. The minimum absolute atomic E-state index is 0.274. The van der Waals surface area contributed by atoms with Gasteiger partial charge in [-0.05, 0) is 48.9 Å². The highest BCUT2D eigenvalue weighted by Gasteiger charge is 2.06. The van der Waals surface area contributed by atoms with Crippen LogP contribution in [0.25, 0.3) is 0 Å². The van der Waals surface area contributed by atoms with Gasteiger partial charge in [0.1, 0.15) is 18.1 Å². The lowest BCUT2D eigenvalue weighted by Crippen LogP contribution is -2.14. The Morgan fingerprint density at radius 2 is 1.70 bits per heavy atom. The molecular formula is C17H21NO2. The monoisotopic (exact) mass is 271 g/mol. The van der Waals surface area contributed by atoms with E-state index in [1.165, 1.54) is 5.56 Å². The van der Waals surface area contributed by atoms with Gasteiger partial charge in [0.15, 0.2) is 0 Å². The Morgan fingerprint density at radius 1 is 1.05 bits per heavy atom. The third-order valence-corrected chi connectivity index (χ3v) is 3.38. The smallest absolute Gasteiger partial charge is 0.119 e. The molecular weight excluding hydrogens is 250 g/mol. The topological polar surface area (TPSA) is 41.5 Å². The van der Waals surface area contributed by atoms with Crippen molar-refractivity contribution < 1.29 is 9.84 Å². The van der Waals surface area contributed by atoms with Crippen molar-refractivity contribution in [2.24, 2.45) is 0 Å². The summed E-state index contributed by atoms with van der Waals surface area (Å²) in [6.45, 7) is 2.67. The highest BCUT2D eigenvalue weighted by molar-refractivity contribution is 5.30. The van der Waals surface area contributed by atoms with Crippen molar-refractivity contribution in [3.05, 3.63) is 59.7 Å². The Morgan fingerprint density at radius 3 is 2.25 bits per heavy atom. The van der Waals surface area contributed by atoms with Gasteiger partial charge >= 0.3 is 0 Å². The van der Waals surface area contributed by atoms with Crippen LogP contribution in [-0.4, -0.2) is 12.2 Å². The number of hydrogen-bond acceptors (Lipinski definition) is 3. The molecule has 0 radical (unpaired) electrons. The fraction of sp³-hybridized carbons (Fsp3) is 0.294. The van der Waals surface area contributed by atoms with E-state index >= 15 is 0 Å². The molecule has 0 fully saturated rings. The van der Waals surface area contributed by atoms with Gasteiger partial charge < -0.3 is 15.2 Å². The number of phenolic OH excluding ortho intramolecular Hbond substituents is 1. The van der Waals surface area contributed by atoms with Crippen LogP contribution in [-0.2, 0) is 6.61 Å². The van der Waals surface area contributed by atoms with E-state index in [0.717, 1.165) is 17.7 Å². The maximum atomic E-state index is 9.22. The summed E-state index contributed by atoms with van der Waals surface area (Å²) in [5, 5.41) is 12.5. The second-order valence-corrected chi connectivity index (χ2v) is 4.77. The van der Waals surface area contributed by atoms with Gasteiger partial charge in [0.2, 0.25) is 0 Å². The molecule has 0 saturated heterocycles. The largest absolute Gasteiger partial charge is 0.508 e. The fourth-order valence-electron chi connectivity index (χ4n) is 2.16. The minimum Gasteiger partial charge on any atom is -0.508 e. The lowest BCUT2D eigenvalue weighted by atomic mass is 10.0. The number of rotatable bonds is 6. The molecule has 2 N–H and O–H groups in total. The van der Waals surface area contributed by atoms with E-state index in [1.54, 1.807) is 12.1 Å². The van der Waals surface area contributed by atoms with Gasteiger partial charge in [-0.3, -0.25) is 0 Å². The van der Waals surface area contributed by atoms with Crippen molar-refractivity contribution in [2.45, 2.75) is 26.0 Å². The molecule has 0 aliphatic rings. The van der Waals surface area contributed by atoms with Gasteiger partial charge in [-0.15, -0.1) is 0 Å². The minimum atomic E-state index is 0.274. The van der Waals surface area contributed by atoms with Gasteiger partial charge in [-0.25, -0.2) is 0 Å². The van der Waals surface area contributed by atoms with E-state index in [-0.39, 0.29) is 5.75 Å². The van der Waals surface area contributed by atoms with Crippen molar-refractivity contribution in [3.63, 3.8) is 0 Å². The fourth-order valence-corrected chi connectivity index (χ4v) is 2.16. The first kappa shape index (κ1) is 14.4. The van der Waals surface area contributed by atoms with Crippen LogP contribution in [0, 0.1) is 0 Å². The Balaban J connectivity index is 1.95. The van der Waals surface area contributed by atoms with Gasteiger partial charge in [0.05, 0.1) is 0 Å². The molecule has 2 aromatic rings. The van der Waals surface area contributed by atoms with Crippen molar-refractivity contribution in [2.75, 3.05) is 7.05 Å². The third-order valence-electron chi connectivity index (χ3n) is 3.38. The van der Waals surface area contributed by atoms with E-state index in [0.29, 0.717) is 12.6 Å². The average molecular weight is 271 g/mol. The number of hydrogen-bond donors (Lipinski definition) is 2. The number of nitrogens with one attached hydrogen (secondary N) is 1. The zero-order valence-electron chi connectivity index (χ0n) is 12.0. The Kier molecular flexibility index (Phi) is 5.02. The maximum Gasteiger partial charge on any atom is 0.119 e. The molecule has 2 rings (SSSR count).